The average molecular weight is 925 g/mol. The van der Waals surface area contributed by atoms with E-state index < -0.39 is 0 Å². The third kappa shape index (κ3) is 6.25. The number of hydrogen-bond donors (Lipinski definition) is 0. The fraction of sp³-hybridized carbons (Fsp3) is 0.0882. The quantitative estimate of drug-likeness (QED) is 0.154. The number of anilines is 12. The van der Waals surface area contributed by atoms with Crippen molar-refractivity contribution in [1.82, 2.24) is 0 Å². The van der Waals surface area contributed by atoms with Gasteiger partial charge in [0, 0.05) is 33.6 Å². The van der Waals surface area contributed by atoms with Crippen LogP contribution < -0.4 is 19.6 Å². The molecule has 0 saturated heterocycles. The molecule has 0 radical (unpaired) electrons. The van der Waals surface area contributed by atoms with Gasteiger partial charge in [-0.2, -0.15) is 0 Å². The van der Waals surface area contributed by atoms with Crippen LogP contribution in [0.25, 0.3) is 34.4 Å². The molecule has 4 aliphatic rings. The van der Waals surface area contributed by atoms with Crippen molar-refractivity contribution in [3.63, 3.8) is 0 Å². The molecule has 10 aromatic carbocycles. The number of para-hydroxylation sites is 10. The van der Waals surface area contributed by atoms with Crippen molar-refractivity contribution in [3.8, 4) is 22.3 Å². The minimum absolute atomic E-state index is 0.197. The van der Waals surface area contributed by atoms with Crippen LogP contribution in [-0.2, 0) is 10.8 Å². The molecular formula is C68H52N4. The summed E-state index contributed by atoms with van der Waals surface area (Å²) >= 11 is 0. The highest BCUT2D eigenvalue weighted by atomic mass is 15.3. The van der Waals surface area contributed by atoms with E-state index in [-0.39, 0.29) is 10.8 Å². The van der Waals surface area contributed by atoms with Gasteiger partial charge in [-0.1, -0.05) is 173 Å². The summed E-state index contributed by atoms with van der Waals surface area (Å²) in [6.45, 7) is 9.55. The van der Waals surface area contributed by atoms with E-state index >= 15 is 0 Å². The van der Waals surface area contributed by atoms with Crippen molar-refractivity contribution in [2.24, 2.45) is 0 Å². The van der Waals surface area contributed by atoms with Gasteiger partial charge in [0.25, 0.3) is 0 Å². The van der Waals surface area contributed by atoms with E-state index in [0.717, 1.165) is 68.2 Å². The lowest BCUT2D eigenvalue weighted by molar-refractivity contribution is 0.660. The van der Waals surface area contributed by atoms with Crippen LogP contribution in [0.4, 0.5) is 68.2 Å². The van der Waals surface area contributed by atoms with Crippen LogP contribution in [0.1, 0.15) is 61.1 Å². The van der Waals surface area contributed by atoms with Gasteiger partial charge >= 0.3 is 0 Å². The average Bonchev–Trinajstić information content (AvgIpc) is 3.79. The molecule has 0 amide bonds. The Kier molecular flexibility index (Phi) is 9.25. The van der Waals surface area contributed by atoms with E-state index in [0.29, 0.717) is 0 Å². The summed E-state index contributed by atoms with van der Waals surface area (Å²) in [6.07, 6.45) is 4.59. The van der Waals surface area contributed by atoms with E-state index in [9.17, 15) is 0 Å². The Morgan fingerprint density at radius 1 is 0.250 bits per heavy atom. The van der Waals surface area contributed by atoms with Crippen LogP contribution in [0.2, 0.25) is 0 Å². The van der Waals surface area contributed by atoms with E-state index in [2.05, 4.69) is 290 Å². The topological polar surface area (TPSA) is 13.0 Å². The molecule has 344 valence electrons. The highest BCUT2D eigenvalue weighted by Crippen LogP contribution is 2.58. The Morgan fingerprint density at radius 3 is 0.806 bits per heavy atom. The standard InChI is InChI=1S/C68H52N4/c1-67(2)55-41-45(33-37-51(55)53-39-35-49(43-57(53)67)71-63-27-15-11-23-59(63)69(47-19-7-5-8-20-47)60-24-12-16-28-64(60)71)31-32-46-34-38-52-54-40-36-50(44-58(54)68(3,4)56(52)42-46)72-65-29-17-13-25-61(65)70(48-21-9-6-10-22-48)62-26-14-18-30-66(62)72/h5-44H,1-4H3. The van der Waals surface area contributed by atoms with Gasteiger partial charge in [0.1, 0.15) is 0 Å². The molecule has 2 aliphatic heterocycles. The molecule has 0 bridgehead atoms. The SMILES string of the molecule is CC1(C)c2cc(C=Cc3ccc4c(c3)C(C)(C)c3cc(N5c6ccccc6N(c6ccccc6)c6ccccc65)ccc3-4)ccc2-c2ccc(N3c4ccccc4N(c4ccccc4)c4ccccc43)cc21. The second-order valence-corrected chi connectivity index (χ2v) is 20.6. The molecule has 10 aromatic rings. The van der Waals surface area contributed by atoms with Crippen molar-refractivity contribution in [2.45, 2.75) is 38.5 Å². The molecule has 0 spiro atoms. The van der Waals surface area contributed by atoms with Gasteiger partial charge in [0.2, 0.25) is 0 Å². The first kappa shape index (κ1) is 42.1. The molecule has 72 heavy (non-hydrogen) atoms. The fourth-order valence-corrected chi connectivity index (χ4v) is 12.3. The number of rotatable bonds is 6. The second kappa shape index (κ2) is 15.8. The van der Waals surface area contributed by atoms with Crippen LogP contribution in [0, 0.1) is 0 Å². The monoisotopic (exact) mass is 924 g/mol. The molecule has 2 aliphatic carbocycles. The molecule has 4 nitrogen and oxygen atoms in total. The molecule has 2 heterocycles. The Bertz CT molecular complexity index is 3500. The molecule has 0 N–H and O–H groups in total. The zero-order valence-corrected chi connectivity index (χ0v) is 40.9. The normalized spacial score (nSPS) is 15.0. The highest BCUT2D eigenvalue weighted by Gasteiger charge is 2.39. The maximum atomic E-state index is 2.44. The van der Waals surface area contributed by atoms with Crippen molar-refractivity contribution >= 4 is 80.4 Å². The smallest absolute Gasteiger partial charge is 0.0703 e. The van der Waals surface area contributed by atoms with Crippen molar-refractivity contribution in [2.75, 3.05) is 19.6 Å². The minimum Gasteiger partial charge on any atom is -0.306 e. The predicted octanol–water partition coefficient (Wildman–Crippen LogP) is 19.0. The maximum absolute atomic E-state index is 2.44. The second-order valence-electron chi connectivity index (χ2n) is 20.6. The Morgan fingerprint density at radius 2 is 0.500 bits per heavy atom. The van der Waals surface area contributed by atoms with E-state index in [1.165, 1.54) is 55.6 Å². The van der Waals surface area contributed by atoms with Crippen LogP contribution in [0.3, 0.4) is 0 Å². The molecule has 0 unspecified atom stereocenters. The molecule has 0 aromatic heterocycles. The number of nitrogens with zero attached hydrogens (tertiary/aromatic N) is 4. The van der Waals surface area contributed by atoms with Crippen LogP contribution in [0.15, 0.2) is 231 Å². The van der Waals surface area contributed by atoms with Crippen LogP contribution >= 0.6 is 0 Å². The Balaban J connectivity index is 0.761. The third-order valence-corrected chi connectivity index (χ3v) is 15.8. The lowest BCUT2D eigenvalue weighted by atomic mass is 9.81. The zero-order valence-electron chi connectivity index (χ0n) is 40.9. The van der Waals surface area contributed by atoms with Gasteiger partial charge in [-0.3, -0.25) is 0 Å². The molecule has 4 heteroatoms. The third-order valence-electron chi connectivity index (χ3n) is 15.8. The number of benzene rings is 10. The first-order chi connectivity index (χ1) is 35.2. The Hall–Kier alpha value is -8.86. The van der Waals surface area contributed by atoms with Crippen molar-refractivity contribution < 1.29 is 0 Å². The summed E-state index contributed by atoms with van der Waals surface area (Å²) in [7, 11) is 0. The zero-order chi connectivity index (χ0) is 48.3. The summed E-state index contributed by atoms with van der Waals surface area (Å²) in [5.74, 6) is 0. The molecule has 0 atom stereocenters. The molecule has 0 fully saturated rings. The van der Waals surface area contributed by atoms with Crippen molar-refractivity contribution in [1.29, 1.82) is 0 Å². The molecule has 14 rings (SSSR count). The van der Waals surface area contributed by atoms with Crippen LogP contribution in [0.5, 0.6) is 0 Å². The number of fused-ring (bicyclic) bond motifs is 10. The van der Waals surface area contributed by atoms with Gasteiger partial charge in [-0.25, -0.2) is 0 Å². The van der Waals surface area contributed by atoms with Crippen LogP contribution in [-0.4, -0.2) is 0 Å². The lowest BCUT2D eigenvalue weighted by Gasteiger charge is -2.40. The summed E-state index contributed by atoms with van der Waals surface area (Å²) in [6, 6.07) is 84.8. The highest BCUT2D eigenvalue weighted by molar-refractivity contribution is 6.04. The van der Waals surface area contributed by atoms with E-state index in [1.807, 2.05) is 0 Å². The van der Waals surface area contributed by atoms with Gasteiger partial charge < -0.3 is 19.6 Å². The largest absolute Gasteiger partial charge is 0.306 e. The van der Waals surface area contributed by atoms with E-state index in [4.69, 9.17) is 0 Å². The summed E-state index contributed by atoms with van der Waals surface area (Å²) in [4.78, 5) is 9.66. The first-order valence-corrected chi connectivity index (χ1v) is 25.2. The molecule has 0 saturated carbocycles. The van der Waals surface area contributed by atoms with E-state index in [1.54, 1.807) is 0 Å². The predicted molar refractivity (Wildman–Crippen MR) is 303 cm³/mol. The Labute approximate surface area is 422 Å². The van der Waals surface area contributed by atoms with Crippen molar-refractivity contribution in [3.05, 3.63) is 264 Å². The van der Waals surface area contributed by atoms with Gasteiger partial charge in [0.15, 0.2) is 0 Å². The lowest BCUT2D eigenvalue weighted by Crippen LogP contribution is -2.24. The number of hydrogen-bond acceptors (Lipinski definition) is 4. The summed E-state index contributed by atoms with van der Waals surface area (Å²) < 4.78 is 0. The minimum atomic E-state index is -0.197. The maximum Gasteiger partial charge on any atom is 0.0703 e. The molecular weight excluding hydrogens is 873 g/mol. The van der Waals surface area contributed by atoms with Gasteiger partial charge in [-0.05, 0) is 153 Å². The van der Waals surface area contributed by atoms with Gasteiger partial charge in [-0.15, -0.1) is 0 Å². The van der Waals surface area contributed by atoms with Gasteiger partial charge in [0.05, 0.1) is 45.5 Å². The first-order valence-electron chi connectivity index (χ1n) is 25.2. The fourth-order valence-electron chi connectivity index (χ4n) is 12.3. The summed E-state index contributed by atoms with van der Waals surface area (Å²) in [5.41, 5.74) is 26.6. The summed E-state index contributed by atoms with van der Waals surface area (Å²) in [5, 5.41) is 0.